The highest BCUT2D eigenvalue weighted by Gasteiger charge is 2.32. The number of hydrogen-bond donors (Lipinski definition) is 1. The topological polar surface area (TPSA) is 38.3 Å². The van der Waals surface area contributed by atoms with Gasteiger partial charge in [-0.3, -0.25) is 4.79 Å². The third-order valence-electron chi connectivity index (χ3n) is 3.36. The van der Waals surface area contributed by atoms with Crippen LogP contribution in [0.25, 0.3) is 0 Å². The molecule has 1 aliphatic carbocycles. The number of carbonyl (C=O) groups is 1. The molecule has 1 saturated carbocycles. The number of nitrogens with one attached hydrogen (secondary N) is 1. The number of hydrogen-bond acceptors (Lipinski definition) is 3. The van der Waals surface area contributed by atoms with Crippen LogP contribution in [-0.4, -0.2) is 19.1 Å². The molecule has 94 valence electrons. The van der Waals surface area contributed by atoms with Crippen LogP contribution in [0.4, 0.5) is 0 Å². The van der Waals surface area contributed by atoms with Gasteiger partial charge in [0.15, 0.2) is 0 Å². The van der Waals surface area contributed by atoms with Gasteiger partial charge in [-0.2, -0.15) is 0 Å². The monoisotopic (exact) mass is 253 g/mol. The zero-order chi connectivity index (χ0) is 12.5. The Labute approximate surface area is 106 Å². The first-order chi connectivity index (χ1) is 8.02. The van der Waals surface area contributed by atoms with Crippen LogP contribution in [0.2, 0.25) is 0 Å². The fourth-order valence-corrected chi connectivity index (χ4v) is 3.20. The Bertz CT molecular complexity index is 411. The van der Waals surface area contributed by atoms with E-state index in [2.05, 4.69) is 19.2 Å². The summed E-state index contributed by atoms with van der Waals surface area (Å²) < 4.78 is 5.16. The maximum absolute atomic E-state index is 12.1. The molecule has 3 nitrogen and oxygen atoms in total. The van der Waals surface area contributed by atoms with E-state index in [9.17, 15) is 4.79 Å². The van der Waals surface area contributed by atoms with E-state index >= 15 is 0 Å². The molecule has 4 heteroatoms. The molecule has 0 bridgehead atoms. The second-order valence-electron chi connectivity index (χ2n) is 5.40. The Morgan fingerprint density at radius 1 is 1.59 bits per heavy atom. The van der Waals surface area contributed by atoms with Gasteiger partial charge in [0.25, 0.3) is 5.91 Å². The summed E-state index contributed by atoms with van der Waals surface area (Å²) in [5, 5.41) is 4.98. The van der Waals surface area contributed by atoms with Crippen LogP contribution in [0, 0.1) is 5.41 Å². The molecule has 1 atom stereocenters. The first-order valence-electron chi connectivity index (χ1n) is 5.94. The van der Waals surface area contributed by atoms with E-state index in [0.29, 0.717) is 22.1 Å². The molecule has 1 heterocycles. The van der Waals surface area contributed by atoms with Gasteiger partial charge in [-0.05, 0) is 36.1 Å². The van der Waals surface area contributed by atoms with Gasteiger partial charge in [0, 0.05) is 6.04 Å². The van der Waals surface area contributed by atoms with Gasteiger partial charge in [-0.15, -0.1) is 11.3 Å². The fraction of sp³-hybridized carbons (Fsp3) is 0.615. The molecule has 0 aromatic carbocycles. The maximum atomic E-state index is 12.1. The molecular formula is C13H19NO2S. The quantitative estimate of drug-likeness (QED) is 0.899. The van der Waals surface area contributed by atoms with E-state index in [1.165, 1.54) is 17.8 Å². The summed E-state index contributed by atoms with van der Waals surface area (Å²) in [5.41, 5.74) is 0.359. The lowest BCUT2D eigenvalue weighted by molar-refractivity contribution is 0.0937. The highest BCUT2D eigenvalue weighted by molar-refractivity contribution is 7.12. The van der Waals surface area contributed by atoms with Crippen molar-refractivity contribution in [3.63, 3.8) is 0 Å². The lowest BCUT2D eigenvalue weighted by atomic mass is 9.92. The van der Waals surface area contributed by atoms with Crippen molar-refractivity contribution >= 4 is 17.2 Å². The van der Waals surface area contributed by atoms with Gasteiger partial charge in [-0.25, -0.2) is 0 Å². The second-order valence-corrected chi connectivity index (χ2v) is 6.31. The van der Waals surface area contributed by atoms with Gasteiger partial charge in [0.1, 0.15) is 10.6 Å². The second kappa shape index (κ2) is 4.69. The van der Waals surface area contributed by atoms with E-state index in [4.69, 9.17) is 4.74 Å². The molecule has 1 amide bonds. The molecule has 1 aromatic heterocycles. The van der Waals surface area contributed by atoms with Gasteiger partial charge in [0.2, 0.25) is 0 Å². The third kappa shape index (κ3) is 2.80. The summed E-state index contributed by atoms with van der Waals surface area (Å²) >= 11 is 1.43. The normalized spacial score (nSPS) is 22.4. The molecule has 1 aromatic rings. The zero-order valence-electron chi connectivity index (χ0n) is 10.6. The number of ether oxygens (including phenoxy) is 1. The molecule has 0 radical (unpaired) electrons. The van der Waals surface area contributed by atoms with Gasteiger partial charge < -0.3 is 10.1 Å². The third-order valence-corrected chi connectivity index (χ3v) is 4.25. The van der Waals surface area contributed by atoms with Crippen LogP contribution in [-0.2, 0) is 0 Å². The molecule has 0 spiro atoms. The Kier molecular flexibility index (Phi) is 3.43. The molecular weight excluding hydrogens is 234 g/mol. The van der Waals surface area contributed by atoms with Crippen LogP contribution in [0.3, 0.4) is 0 Å². The highest BCUT2D eigenvalue weighted by atomic mass is 32.1. The summed E-state index contributed by atoms with van der Waals surface area (Å²) in [6.45, 7) is 4.51. The lowest BCUT2D eigenvalue weighted by Gasteiger charge is -2.17. The molecule has 1 N–H and O–H groups in total. The van der Waals surface area contributed by atoms with Crippen molar-refractivity contribution in [3.8, 4) is 5.75 Å². The van der Waals surface area contributed by atoms with E-state index in [0.717, 1.165) is 12.8 Å². The van der Waals surface area contributed by atoms with Crippen molar-refractivity contribution in [2.75, 3.05) is 7.11 Å². The Morgan fingerprint density at radius 2 is 2.35 bits per heavy atom. The van der Waals surface area contributed by atoms with Gasteiger partial charge >= 0.3 is 0 Å². The Balaban J connectivity index is 1.98. The zero-order valence-corrected chi connectivity index (χ0v) is 11.4. The number of rotatable bonds is 3. The molecule has 2 rings (SSSR count). The molecule has 1 unspecified atom stereocenters. The summed E-state index contributed by atoms with van der Waals surface area (Å²) in [7, 11) is 1.59. The van der Waals surface area contributed by atoms with E-state index in [-0.39, 0.29) is 5.91 Å². The first-order valence-corrected chi connectivity index (χ1v) is 6.82. The van der Waals surface area contributed by atoms with Crippen LogP contribution in [0.15, 0.2) is 11.4 Å². The Hall–Kier alpha value is -1.03. The van der Waals surface area contributed by atoms with Crippen LogP contribution < -0.4 is 10.1 Å². The summed E-state index contributed by atoms with van der Waals surface area (Å²) in [4.78, 5) is 12.7. The molecule has 1 aliphatic rings. The van der Waals surface area contributed by atoms with Crippen molar-refractivity contribution < 1.29 is 9.53 Å². The number of amides is 1. The largest absolute Gasteiger partial charge is 0.495 e. The molecule has 0 saturated heterocycles. The van der Waals surface area contributed by atoms with Crippen molar-refractivity contribution in [1.82, 2.24) is 5.32 Å². The number of thiophene rings is 1. The van der Waals surface area contributed by atoms with Gasteiger partial charge in [-0.1, -0.05) is 13.8 Å². The smallest absolute Gasteiger partial charge is 0.265 e. The number of methoxy groups -OCH3 is 1. The SMILES string of the molecule is COc1ccsc1C(=O)NC1CCC(C)(C)C1. The predicted octanol–water partition coefficient (Wildman–Crippen LogP) is 3.07. The predicted molar refractivity (Wildman–Crippen MR) is 69.8 cm³/mol. The first kappa shape index (κ1) is 12.4. The Morgan fingerprint density at radius 3 is 2.94 bits per heavy atom. The fourth-order valence-electron chi connectivity index (χ4n) is 2.43. The highest BCUT2D eigenvalue weighted by Crippen LogP contribution is 2.37. The molecule has 1 fully saturated rings. The average molecular weight is 253 g/mol. The summed E-state index contributed by atoms with van der Waals surface area (Å²) in [6, 6.07) is 2.14. The maximum Gasteiger partial charge on any atom is 0.265 e. The summed E-state index contributed by atoms with van der Waals surface area (Å²) in [6.07, 6.45) is 3.32. The minimum atomic E-state index is -0.000417. The minimum Gasteiger partial charge on any atom is -0.495 e. The minimum absolute atomic E-state index is 0.000417. The van der Waals surface area contributed by atoms with E-state index < -0.39 is 0 Å². The van der Waals surface area contributed by atoms with Crippen LogP contribution >= 0.6 is 11.3 Å². The van der Waals surface area contributed by atoms with Crippen LogP contribution in [0.1, 0.15) is 42.8 Å². The van der Waals surface area contributed by atoms with E-state index in [1.54, 1.807) is 7.11 Å². The average Bonchev–Trinajstić information content (AvgIpc) is 2.84. The van der Waals surface area contributed by atoms with Crippen molar-refractivity contribution in [2.24, 2.45) is 5.41 Å². The van der Waals surface area contributed by atoms with Crippen molar-refractivity contribution in [1.29, 1.82) is 0 Å². The van der Waals surface area contributed by atoms with Crippen molar-refractivity contribution in [3.05, 3.63) is 16.3 Å². The van der Waals surface area contributed by atoms with Crippen LogP contribution in [0.5, 0.6) is 5.75 Å². The molecule has 0 aliphatic heterocycles. The van der Waals surface area contributed by atoms with Crippen molar-refractivity contribution in [2.45, 2.75) is 39.2 Å². The number of carbonyl (C=O) groups excluding carboxylic acids is 1. The standard InChI is InChI=1S/C13H19NO2S/c1-13(2)6-4-9(8-13)14-12(15)11-10(16-3)5-7-17-11/h5,7,9H,4,6,8H2,1-3H3,(H,14,15). The molecule has 17 heavy (non-hydrogen) atoms. The van der Waals surface area contributed by atoms with Gasteiger partial charge in [0.05, 0.1) is 7.11 Å². The van der Waals surface area contributed by atoms with E-state index in [1.807, 2.05) is 11.4 Å². The summed E-state index contributed by atoms with van der Waals surface area (Å²) in [5.74, 6) is 0.671. The lowest BCUT2D eigenvalue weighted by Crippen LogP contribution is -2.33.